The highest BCUT2D eigenvalue weighted by molar-refractivity contribution is 7.11. The Kier molecular flexibility index (Phi) is 5.30. The summed E-state index contributed by atoms with van der Waals surface area (Å²) in [7, 11) is 0. The second kappa shape index (κ2) is 6.28. The number of nitrogens with zero attached hydrogens (tertiary/aromatic N) is 2. The molecule has 17 heavy (non-hydrogen) atoms. The van der Waals surface area contributed by atoms with Crippen LogP contribution in [0.2, 0.25) is 0 Å². The fourth-order valence-electron chi connectivity index (χ4n) is 1.35. The van der Waals surface area contributed by atoms with Gasteiger partial charge in [-0.3, -0.25) is 4.79 Å². The molecule has 0 radical (unpaired) electrons. The van der Waals surface area contributed by atoms with Crippen molar-refractivity contribution in [2.45, 2.75) is 26.3 Å². The highest BCUT2D eigenvalue weighted by Gasteiger charge is 2.24. The maximum absolute atomic E-state index is 11.5. The number of hydrogen-bond acceptors (Lipinski definition) is 5. The molecule has 0 atom stereocenters. The zero-order valence-corrected chi connectivity index (χ0v) is 11.5. The first-order valence-corrected chi connectivity index (χ1v) is 6.29. The van der Waals surface area contributed by atoms with E-state index < -0.39 is 0 Å². The molecule has 96 valence electrons. The van der Waals surface area contributed by atoms with E-state index >= 15 is 0 Å². The van der Waals surface area contributed by atoms with Crippen LogP contribution in [0.5, 0.6) is 0 Å². The number of nitrogens with one attached hydrogen (secondary N) is 2. The molecule has 1 aromatic heterocycles. The summed E-state index contributed by atoms with van der Waals surface area (Å²) in [5.41, 5.74) is 0. The van der Waals surface area contributed by atoms with Gasteiger partial charge in [-0.25, -0.2) is 0 Å². The summed E-state index contributed by atoms with van der Waals surface area (Å²) in [4.78, 5) is 11.5. The van der Waals surface area contributed by atoms with E-state index in [-0.39, 0.29) is 24.2 Å². The minimum Gasteiger partial charge on any atom is -0.349 e. The molecule has 2 N–H and O–H groups in total. The molecular weight excluding hydrogens is 260 g/mol. The Morgan fingerprint density at radius 3 is 2.71 bits per heavy atom. The maximum Gasteiger partial charge on any atom is 0.226 e. The first kappa shape index (κ1) is 14.3. The molecule has 2 heterocycles. The standard InChI is InChI=1S/C10H16N4OS.ClH/c1-6(2)10-14-13-8(16-10)5-12-9(15)7-3-11-4-7;/h6-7,11H,3-5H2,1-2H3,(H,12,15);1H. The van der Waals surface area contributed by atoms with Gasteiger partial charge >= 0.3 is 0 Å². The van der Waals surface area contributed by atoms with Gasteiger partial charge in [0.1, 0.15) is 10.0 Å². The third kappa shape index (κ3) is 3.62. The van der Waals surface area contributed by atoms with Crippen molar-refractivity contribution in [2.75, 3.05) is 13.1 Å². The van der Waals surface area contributed by atoms with Crippen molar-refractivity contribution in [3.8, 4) is 0 Å². The molecular formula is C10H17ClN4OS. The molecule has 1 saturated heterocycles. The zero-order chi connectivity index (χ0) is 11.5. The topological polar surface area (TPSA) is 66.9 Å². The van der Waals surface area contributed by atoms with Gasteiger partial charge in [0.2, 0.25) is 5.91 Å². The summed E-state index contributed by atoms with van der Waals surface area (Å²) in [6.45, 7) is 6.25. The van der Waals surface area contributed by atoms with Crippen molar-refractivity contribution in [1.82, 2.24) is 20.8 Å². The Morgan fingerprint density at radius 1 is 1.53 bits per heavy atom. The van der Waals surface area contributed by atoms with Crippen LogP contribution in [0, 0.1) is 5.92 Å². The molecule has 1 amide bonds. The molecule has 2 rings (SSSR count). The summed E-state index contributed by atoms with van der Waals surface area (Å²) in [6.07, 6.45) is 0. The summed E-state index contributed by atoms with van der Waals surface area (Å²) in [6, 6.07) is 0. The number of hydrogen-bond donors (Lipinski definition) is 2. The Labute approximate surface area is 111 Å². The number of halogens is 1. The molecule has 1 aromatic rings. The monoisotopic (exact) mass is 276 g/mol. The largest absolute Gasteiger partial charge is 0.349 e. The Morgan fingerprint density at radius 2 is 2.24 bits per heavy atom. The van der Waals surface area contributed by atoms with E-state index in [0.29, 0.717) is 12.5 Å². The van der Waals surface area contributed by atoms with Gasteiger partial charge in [0, 0.05) is 19.0 Å². The predicted octanol–water partition coefficient (Wildman–Crippen LogP) is 0.919. The van der Waals surface area contributed by atoms with E-state index in [0.717, 1.165) is 23.1 Å². The summed E-state index contributed by atoms with van der Waals surface area (Å²) in [5.74, 6) is 0.648. The molecule has 0 spiro atoms. The Bertz CT molecular complexity index is 378. The van der Waals surface area contributed by atoms with Gasteiger partial charge in [-0.15, -0.1) is 22.6 Å². The average Bonchev–Trinajstić information content (AvgIpc) is 2.60. The van der Waals surface area contributed by atoms with Crippen molar-refractivity contribution in [3.05, 3.63) is 10.0 Å². The highest BCUT2D eigenvalue weighted by Crippen LogP contribution is 2.18. The minimum absolute atomic E-state index is 0. The molecule has 1 aliphatic heterocycles. The van der Waals surface area contributed by atoms with E-state index in [1.54, 1.807) is 11.3 Å². The van der Waals surface area contributed by atoms with E-state index in [1.165, 1.54) is 0 Å². The van der Waals surface area contributed by atoms with E-state index in [9.17, 15) is 4.79 Å². The molecule has 0 aromatic carbocycles. The van der Waals surface area contributed by atoms with Crippen LogP contribution in [0.1, 0.15) is 29.8 Å². The van der Waals surface area contributed by atoms with Crippen LogP contribution in [0.4, 0.5) is 0 Å². The minimum atomic E-state index is 0. The second-order valence-corrected chi connectivity index (χ2v) is 5.36. The third-order valence-electron chi connectivity index (χ3n) is 2.54. The SMILES string of the molecule is CC(C)c1nnc(CNC(=O)C2CNC2)s1.Cl. The van der Waals surface area contributed by atoms with Crippen molar-refractivity contribution >= 4 is 29.7 Å². The van der Waals surface area contributed by atoms with Gasteiger partial charge in [0.25, 0.3) is 0 Å². The van der Waals surface area contributed by atoms with Gasteiger partial charge in [-0.1, -0.05) is 25.2 Å². The molecule has 1 fully saturated rings. The quantitative estimate of drug-likeness (QED) is 0.858. The lowest BCUT2D eigenvalue weighted by molar-refractivity contribution is -0.126. The fraction of sp³-hybridized carbons (Fsp3) is 0.700. The van der Waals surface area contributed by atoms with E-state index in [4.69, 9.17) is 0 Å². The summed E-state index contributed by atoms with van der Waals surface area (Å²) >= 11 is 1.57. The van der Waals surface area contributed by atoms with Crippen molar-refractivity contribution in [3.63, 3.8) is 0 Å². The molecule has 0 unspecified atom stereocenters. The van der Waals surface area contributed by atoms with E-state index in [2.05, 4.69) is 34.7 Å². The van der Waals surface area contributed by atoms with Gasteiger partial charge in [-0.2, -0.15) is 0 Å². The normalized spacial score (nSPS) is 15.2. The lowest BCUT2D eigenvalue weighted by Gasteiger charge is -2.25. The molecule has 0 saturated carbocycles. The number of carbonyl (C=O) groups is 1. The lowest BCUT2D eigenvalue weighted by Crippen LogP contribution is -2.50. The number of rotatable bonds is 4. The lowest BCUT2D eigenvalue weighted by atomic mass is 10.0. The number of carbonyl (C=O) groups excluding carboxylic acids is 1. The Hall–Kier alpha value is -0.720. The predicted molar refractivity (Wildman–Crippen MR) is 69.5 cm³/mol. The first-order valence-electron chi connectivity index (χ1n) is 5.47. The second-order valence-electron chi connectivity index (χ2n) is 4.26. The van der Waals surface area contributed by atoms with Crippen LogP contribution in [0.15, 0.2) is 0 Å². The van der Waals surface area contributed by atoms with Crippen LogP contribution in [-0.2, 0) is 11.3 Å². The third-order valence-corrected chi connectivity index (χ3v) is 3.77. The molecule has 0 aliphatic carbocycles. The van der Waals surface area contributed by atoms with Gasteiger partial charge < -0.3 is 10.6 Å². The van der Waals surface area contributed by atoms with Gasteiger partial charge in [0.05, 0.1) is 12.5 Å². The van der Waals surface area contributed by atoms with Gasteiger partial charge in [0.15, 0.2) is 0 Å². The molecule has 1 aliphatic rings. The van der Waals surface area contributed by atoms with Crippen LogP contribution in [0.3, 0.4) is 0 Å². The van der Waals surface area contributed by atoms with Crippen molar-refractivity contribution in [2.24, 2.45) is 5.92 Å². The summed E-state index contributed by atoms with van der Waals surface area (Å²) in [5, 5.41) is 16.0. The number of aromatic nitrogens is 2. The van der Waals surface area contributed by atoms with Crippen LogP contribution < -0.4 is 10.6 Å². The van der Waals surface area contributed by atoms with Crippen LogP contribution >= 0.6 is 23.7 Å². The van der Waals surface area contributed by atoms with Crippen LogP contribution in [-0.4, -0.2) is 29.2 Å². The highest BCUT2D eigenvalue weighted by atomic mass is 35.5. The Balaban J connectivity index is 0.00000144. The summed E-state index contributed by atoms with van der Waals surface area (Å²) < 4.78 is 0. The zero-order valence-electron chi connectivity index (χ0n) is 9.90. The van der Waals surface area contributed by atoms with Crippen LogP contribution in [0.25, 0.3) is 0 Å². The first-order chi connectivity index (χ1) is 7.66. The average molecular weight is 277 g/mol. The van der Waals surface area contributed by atoms with Crippen molar-refractivity contribution in [1.29, 1.82) is 0 Å². The maximum atomic E-state index is 11.5. The number of amides is 1. The molecule has 5 nitrogen and oxygen atoms in total. The van der Waals surface area contributed by atoms with Gasteiger partial charge in [-0.05, 0) is 0 Å². The molecule has 7 heteroatoms. The smallest absolute Gasteiger partial charge is 0.226 e. The fourth-order valence-corrected chi connectivity index (χ4v) is 2.14. The molecule has 0 bridgehead atoms. The van der Waals surface area contributed by atoms with E-state index in [1.807, 2.05) is 0 Å². The van der Waals surface area contributed by atoms with Crippen molar-refractivity contribution < 1.29 is 4.79 Å².